The minimum Gasteiger partial charge on any atom is -0.0874 e. The van der Waals surface area contributed by atoms with Crippen LogP contribution in [-0.2, 0) is 0 Å². The van der Waals surface area contributed by atoms with Crippen LogP contribution in [0.25, 0.3) is 0 Å². The first-order chi connectivity index (χ1) is 13.4. The summed E-state index contributed by atoms with van der Waals surface area (Å²) in [6, 6.07) is 0. The molecule has 0 spiro atoms. The molecule has 0 aliphatic heterocycles. The monoisotopic (exact) mass is 384 g/mol. The SMILES string of the molecule is C/C=C\C(=C/CC)C1CCC(C2(C)CCC3CCCCC3(C)C2CCC)C1C. The summed E-state index contributed by atoms with van der Waals surface area (Å²) in [5.41, 5.74) is 2.80. The second-order valence-corrected chi connectivity index (χ2v) is 11.1. The maximum absolute atomic E-state index is 2.74. The summed E-state index contributed by atoms with van der Waals surface area (Å²) in [5.74, 6) is 4.49. The van der Waals surface area contributed by atoms with Crippen molar-refractivity contribution in [2.45, 2.75) is 112 Å². The van der Waals surface area contributed by atoms with E-state index in [9.17, 15) is 0 Å². The van der Waals surface area contributed by atoms with Gasteiger partial charge in [-0.25, -0.2) is 0 Å². The Morgan fingerprint density at radius 1 is 0.964 bits per heavy atom. The summed E-state index contributed by atoms with van der Waals surface area (Å²) in [6.45, 7) is 15.0. The van der Waals surface area contributed by atoms with Crippen molar-refractivity contribution in [1.29, 1.82) is 0 Å². The van der Waals surface area contributed by atoms with Gasteiger partial charge >= 0.3 is 0 Å². The van der Waals surface area contributed by atoms with Crippen molar-refractivity contribution in [2.75, 3.05) is 0 Å². The third-order valence-corrected chi connectivity index (χ3v) is 9.78. The van der Waals surface area contributed by atoms with Crippen LogP contribution >= 0.6 is 0 Å². The lowest BCUT2D eigenvalue weighted by molar-refractivity contribution is -0.117. The molecule has 0 radical (unpaired) electrons. The van der Waals surface area contributed by atoms with Crippen molar-refractivity contribution < 1.29 is 0 Å². The van der Waals surface area contributed by atoms with Gasteiger partial charge in [0.25, 0.3) is 0 Å². The fourth-order valence-corrected chi connectivity index (χ4v) is 8.51. The molecule has 3 rings (SSSR count). The zero-order chi connectivity index (χ0) is 20.4. The molecule has 0 aromatic carbocycles. The van der Waals surface area contributed by atoms with E-state index in [-0.39, 0.29) is 0 Å². The second kappa shape index (κ2) is 9.09. The van der Waals surface area contributed by atoms with Gasteiger partial charge in [-0.05, 0) is 104 Å². The third-order valence-electron chi connectivity index (χ3n) is 9.78. The molecule has 3 aliphatic rings. The second-order valence-electron chi connectivity index (χ2n) is 11.1. The van der Waals surface area contributed by atoms with Gasteiger partial charge in [0, 0.05) is 0 Å². The molecule has 0 heteroatoms. The molecule has 28 heavy (non-hydrogen) atoms. The molecule has 3 aliphatic carbocycles. The van der Waals surface area contributed by atoms with E-state index in [1.807, 2.05) is 0 Å². The maximum Gasteiger partial charge on any atom is -0.0137 e. The number of allylic oxidation sites excluding steroid dienone is 4. The van der Waals surface area contributed by atoms with Gasteiger partial charge in [0.1, 0.15) is 0 Å². The summed E-state index contributed by atoms with van der Waals surface area (Å²) in [4.78, 5) is 0. The molecule has 7 atom stereocenters. The van der Waals surface area contributed by atoms with Gasteiger partial charge in [0.05, 0.1) is 0 Å². The minimum absolute atomic E-state index is 0.556. The van der Waals surface area contributed by atoms with Crippen molar-refractivity contribution in [1.82, 2.24) is 0 Å². The molecule has 0 aromatic rings. The lowest BCUT2D eigenvalue weighted by atomic mass is 9.44. The van der Waals surface area contributed by atoms with E-state index in [0.717, 1.165) is 29.6 Å². The van der Waals surface area contributed by atoms with Gasteiger partial charge in [-0.2, -0.15) is 0 Å². The maximum atomic E-state index is 2.74. The largest absolute Gasteiger partial charge is 0.0874 e. The molecular weight excluding hydrogens is 336 g/mol. The number of hydrogen-bond acceptors (Lipinski definition) is 0. The molecule has 0 aromatic heterocycles. The van der Waals surface area contributed by atoms with Crippen LogP contribution in [-0.4, -0.2) is 0 Å². The Labute approximate surface area is 176 Å². The van der Waals surface area contributed by atoms with E-state index in [1.165, 1.54) is 70.6 Å². The number of hydrogen-bond donors (Lipinski definition) is 0. The lowest BCUT2D eigenvalue weighted by Crippen LogP contribution is -2.53. The average molecular weight is 385 g/mol. The van der Waals surface area contributed by atoms with Crippen LogP contribution < -0.4 is 0 Å². The highest BCUT2D eigenvalue weighted by atomic mass is 14.6. The van der Waals surface area contributed by atoms with Crippen LogP contribution in [0.4, 0.5) is 0 Å². The summed E-state index contributed by atoms with van der Waals surface area (Å²) < 4.78 is 0. The first-order valence-corrected chi connectivity index (χ1v) is 12.7. The van der Waals surface area contributed by atoms with Crippen LogP contribution in [0.15, 0.2) is 23.8 Å². The quantitative estimate of drug-likeness (QED) is 0.401. The van der Waals surface area contributed by atoms with Gasteiger partial charge in [-0.15, -0.1) is 0 Å². The predicted octanol–water partition coefficient (Wildman–Crippen LogP) is 8.97. The fraction of sp³-hybridized carbons (Fsp3) is 0.857. The van der Waals surface area contributed by atoms with Crippen molar-refractivity contribution in [3.63, 3.8) is 0 Å². The molecule has 160 valence electrons. The smallest absolute Gasteiger partial charge is 0.0137 e. The molecule has 3 fully saturated rings. The first kappa shape index (κ1) is 22.2. The Kier molecular flexibility index (Phi) is 7.20. The lowest BCUT2D eigenvalue weighted by Gasteiger charge is -2.61. The zero-order valence-corrected chi connectivity index (χ0v) is 19.9. The Hall–Kier alpha value is -0.520. The van der Waals surface area contributed by atoms with Crippen LogP contribution in [0.5, 0.6) is 0 Å². The predicted molar refractivity (Wildman–Crippen MR) is 124 cm³/mol. The van der Waals surface area contributed by atoms with Gasteiger partial charge in [0.15, 0.2) is 0 Å². The van der Waals surface area contributed by atoms with Crippen LogP contribution in [0, 0.1) is 40.4 Å². The van der Waals surface area contributed by atoms with E-state index >= 15 is 0 Å². The summed E-state index contributed by atoms with van der Waals surface area (Å²) in [5, 5.41) is 0. The normalized spacial score (nSPS) is 44.8. The van der Waals surface area contributed by atoms with Crippen molar-refractivity contribution in [3.05, 3.63) is 23.8 Å². The van der Waals surface area contributed by atoms with E-state index < -0.39 is 0 Å². The highest BCUT2D eigenvalue weighted by Gasteiger charge is 2.57. The molecule has 0 bridgehead atoms. The van der Waals surface area contributed by atoms with Gasteiger partial charge in [-0.3, -0.25) is 0 Å². The molecular formula is C28H48. The Balaban J connectivity index is 1.89. The molecule has 3 saturated carbocycles. The van der Waals surface area contributed by atoms with E-state index in [2.05, 4.69) is 59.8 Å². The molecule has 0 heterocycles. The Bertz CT molecular complexity index is 569. The van der Waals surface area contributed by atoms with Gasteiger partial charge in [-0.1, -0.05) is 72.1 Å². The van der Waals surface area contributed by atoms with Crippen molar-refractivity contribution >= 4 is 0 Å². The Morgan fingerprint density at radius 2 is 1.75 bits per heavy atom. The summed E-state index contributed by atoms with van der Waals surface area (Å²) in [7, 11) is 0. The van der Waals surface area contributed by atoms with E-state index in [1.54, 1.807) is 5.57 Å². The van der Waals surface area contributed by atoms with Crippen molar-refractivity contribution in [2.24, 2.45) is 40.4 Å². The molecule has 7 unspecified atom stereocenters. The summed E-state index contributed by atoms with van der Waals surface area (Å²) >= 11 is 0. The third kappa shape index (κ3) is 3.79. The number of fused-ring (bicyclic) bond motifs is 1. The topological polar surface area (TPSA) is 0 Å². The van der Waals surface area contributed by atoms with Gasteiger partial charge in [0.2, 0.25) is 0 Å². The molecule has 0 N–H and O–H groups in total. The highest BCUT2D eigenvalue weighted by molar-refractivity contribution is 5.24. The van der Waals surface area contributed by atoms with Crippen LogP contribution in [0.2, 0.25) is 0 Å². The van der Waals surface area contributed by atoms with Crippen LogP contribution in [0.1, 0.15) is 112 Å². The van der Waals surface area contributed by atoms with E-state index in [0.29, 0.717) is 10.8 Å². The zero-order valence-electron chi connectivity index (χ0n) is 19.9. The van der Waals surface area contributed by atoms with Crippen LogP contribution in [0.3, 0.4) is 0 Å². The average Bonchev–Trinajstić information content (AvgIpc) is 3.06. The standard InChI is InChI=1S/C28H48/c1-7-12-22(13-8-2)24-16-17-25(21(24)4)28(6)20-18-23-15-10-11-19-27(23,5)26(28)14-9-3/h7,12-13,21,23-26H,8-11,14-20H2,1-6H3/b12-7-,22-13+. The molecule has 0 saturated heterocycles. The van der Waals surface area contributed by atoms with Gasteiger partial charge < -0.3 is 0 Å². The highest BCUT2D eigenvalue weighted by Crippen LogP contribution is 2.66. The minimum atomic E-state index is 0.556. The fourth-order valence-electron chi connectivity index (χ4n) is 8.51. The van der Waals surface area contributed by atoms with E-state index in [4.69, 9.17) is 0 Å². The van der Waals surface area contributed by atoms with Crippen molar-refractivity contribution in [3.8, 4) is 0 Å². The molecule has 0 nitrogen and oxygen atoms in total. The summed E-state index contributed by atoms with van der Waals surface area (Å²) in [6.07, 6.45) is 23.1. The Morgan fingerprint density at radius 3 is 2.43 bits per heavy atom. The first-order valence-electron chi connectivity index (χ1n) is 12.7. The number of rotatable bonds is 6. The molecule has 0 amide bonds.